The summed E-state index contributed by atoms with van der Waals surface area (Å²) in [6.45, 7) is 2.84. The maximum atomic E-state index is 13.4. The molecule has 1 aliphatic rings. The van der Waals surface area contributed by atoms with Crippen molar-refractivity contribution >= 4 is 25.6 Å². The number of hydrogen-bond acceptors (Lipinski definition) is 4. The van der Waals surface area contributed by atoms with Crippen LogP contribution >= 0.6 is 10.7 Å². The second kappa shape index (κ2) is 5.90. The third-order valence-corrected chi connectivity index (χ3v) is 4.72. The van der Waals surface area contributed by atoms with Crippen LogP contribution in [0, 0.1) is 5.82 Å². The summed E-state index contributed by atoms with van der Waals surface area (Å²) in [7, 11) is 0.884. The Labute approximate surface area is 126 Å². The fraction of sp³-hybridized carbons (Fsp3) is 0.462. The van der Waals surface area contributed by atoms with Crippen LogP contribution in [-0.4, -0.2) is 33.1 Å². The van der Waals surface area contributed by atoms with Gasteiger partial charge in [-0.2, -0.15) is 0 Å². The Hall–Kier alpha value is -1.18. The van der Waals surface area contributed by atoms with Crippen molar-refractivity contribution in [3.8, 4) is 0 Å². The van der Waals surface area contributed by atoms with Crippen LogP contribution in [0.2, 0.25) is 0 Å². The maximum Gasteiger partial charge on any atom is 0.264 e. The minimum atomic E-state index is -4.24. The molecule has 0 spiro atoms. The van der Waals surface area contributed by atoms with E-state index >= 15 is 0 Å². The Morgan fingerprint density at radius 2 is 2.24 bits per heavy atom. The first-order valence-corrected chi connectivity index (χ1v) is 8.69. The van der Waals surface area contributed by atoms with Gasteiger partial charge < -0.3 is 10.1 Å². The van der Waals surface area contributed by atoms with Crippen LogP contribution in [0.15, 0.2) is 23.1 Å². The van der Waals surface area contributed by atoms with Crippen LogP contribution in [0.25, 0.3) is 0 Å². The minimum absolute atomic E-state index is 0.0252. The summed E-state index contributed by atoms with van der Waals surface area (Å²) in [5.41, 5.74) is -0.394. The van der Waals surface area contributed by atoms with Crippen LogP contribution in [0.3, 0.4) is 0 Å². The van der Waals surface area contributed by atoms with Crippen LogP contribution in [0.5, 0.6) is 0 Å². The second-order valence-electron chi connectivity index (χ2n) is 5.17. The molecule has 0 saturated carbocycles. The molecular weight excluding hydrogens is 321 g/mol. The lowest BCUT2D eigenvalue weighted by atomic mass is 10.0. The van der Waals surface area contributed by atoms with Crippen molar-refractivity contribution < 1.29 is 22.3 Å². The highest BCUT2D eigenvalue weighted by molar-refractivity contribution is 8.13. The van der Waals surface area contributed by atoms with Crippen LogP contribution in [-0.2, 0) is 13.8 Å². The predicted octanol–water partition coefficient (Wildman–Crippen LogP) is 2.05. The molecule has 1 heterocycles. The van der Waals surface area contributed by atoms with Crippen LogP contribution in [0.4, 0.5) is 4.39 Å². The van der Waals surface area contributed by atoms with Gasteiger partial charge >= 0.3 is 0 Å². The molecule has 8 heteroatoms. The van der Waals surface area contributed by atoms with Gasteiger partial charge in [0.1, 0.15) is 10.7 Å². The smallest absolute Gasteiger partial charge is 0.264 e. The van der Waals surface area contributed by atoms with Gasteiger partial charge in [0.25, 0.3) is 15.0 Å². The Bertz CT molecular complexity index is 656. The van der Waals surface area contributed by atoms with E-state index in [-0.39, 0.29) is 5.56 Å². The molecule has 0 aliphatic carbocycles. The molecule has 5 nitrogen and oxygen atoms in total. The fourth-order valence-electron chi connectivity index (χ4n) is 2.18. The highest BCUT2D eigenvalue weighted by Gasteiger charge is 2.30. The Kier molecular flexibility index (Phi) is 4.55. The van der Waals surface area contributed by atoms with Gasteiger partial charge in [-0.1, -0.05) is 0 Å². The fourth-order valence-corrected chi connectivity index (χ4v) is 3.10. The summed E-state index contributed by atoms with van der Waals surface area (Å²) < 4.78 is 41.4. The van der Waals surface area contributed by atoms with Gasteiger partial charge in [0.15, 0.2) is 0 Å². The highest BCUT2D eigenvalue weighted by Crippen LogP contribution is 2.24. The topological polar surface area (TPSA) is 72.5 Å². The molecule has 1 aromatic carbocycles. The first-order chi connectivity index (χ1) is 9.71. The number of halogens is 2. The molecule has 0 radical (unpaired) electrons. The van der Waals surface area contributed by atoms with E-state index in [1.807, 2.05) is 6.92 Å². The average Bonchev–Trinajstić information content (AvgIpc) is 2.83. The lowest BCUT2D eigenvalue weighted by Gasteiger charge is -2.23. The summed E-state index contributed by atoms with van der Waals surface area (Å²) in [6, 6.07) is 3.02. The van der Waals surface area contributed by atoms with E-state index in [1.54, 1.807) is 0 Å². The first-order valence-electron chi connectivity index (χ1n) is 6.38. The summed E-state index contributed by atoms with van der Waals surface area (Å²) >= 11 is 0. The van der Waals surface area contributed by atoms with E-state index < -0.39 is 31.3 Å². The van der Waals surface area contributed by atoms with Crippen molar-refractivity contribution in [2.75, 3.05) is 13.2 Å². The van der Waals surface area contributed by atoms with Crippen molar-refractivity contribution in [2.24, 2.45) is 0 Å². The zero-order chi connectivity index (χ0) is 15.7. The number of benzene rings is 1. The standard InChI is InChI=1S/C13H15ClFNO4S/c1-13(5-2-6-20-13)8-16-12(17)9-3-4-10(15)11(7-9)21(14,18)19/h3-4,7H,2,5-6,8H2,1H3,(H,16,17). The van der Waals surface area contributed by atoms with Gasteiger partial charge in [0, 0.05) is 29.4 Å². The van der Waals surface area contributed by atoms with Gasteiger partial charge in [-0.3, -0.25) is 4.79 Å². The number of amides is 1. The van der Waals surface area contributed by atoms with E-state index in [9.17, 15) is 17.6 Å². The Balaban J connectivity index is 2.13. The molecule has 1 amide bonds. The third kappa shape index (κ3) is 3.93. The van der Waals surface area contributed by atoms with Crippen LogP contribution < -0.4 is 5.32 Å². The molecule has 1 N–H and O–H groups in total. The maximum absolute atomic E-state index is 13.4. The van der Waals surface area contributed by atoms with Crippen molar-refractivity contribution in [1.29, 1.82) is 0 Å². The average molecular weight is 336 g/mol. The van der Waals surface area contributed by atoms with Crippen molar-refractivity contribution in [3.05, 3.63) is 29.6 Å². The molecule has 1 atom stereocenters. The second-order valence-corrected chi connectivity index (χ2v) is 7.70. The number of hydrogen-bond donors (Lipinski definition) is 1. The van der Waals surface area contributed by atoms with Gasteiger partial charge in [0.2, 0.25) is 0 Å². The van der Waals surface area contributed by atoms with E-state index in [0.717, 1.165) is 25.0 Å². The number of rotatable bonds is 4. The third-order valence-electron chi connectivity index (χ3n) is 3.38. The Morgan fingerprint density at radius 3 is 2.81 bits per heavy atom. The van der Waals surface area contributed by atoms with Crippen molar-refractivity contribution in [2.45, 2.75) is 30.3 Å². The van der Waals surface area contributed by atoms with E-state index in [2.05, 4.69) is 5.32 Å². The zero-order valence-corrected chi connectivity index (χ0v) is 12.9. The molecule has 21 heavy (non-hydrogen) atoms. The molecule has 2 rings (SSSR count). The molecule has 1 aromatic rings. The molecule has 116 valence electrons. The molecule has 0 bridgehead atoms. The first kappa shape index (κ1) is 16.2. The predicted molar refractivity (Wildman–Crippen MR) is 75.4 cm³/mol. The summed E-state index contributed by atoms with van der Waals surface area (Å²) in [6.07, 6.45) is 1.76. The highest BCUT2D eigenvalue weighted by atomic mass is 35.7. The zero-order valence-electron chi connectivity index (χ0n) is 11.4. The Morgan fingerprint density at radius 1 is 1.52 bits per heavy atom. The molecule has 1 unspecified atom stereocenters. The lowest BCUT2D eigenvalue weighted by Crippen LogP contribution is -2.40. The quantitative estimate of drug-likeness (QED) is 0.855. The number of ether oxygens (including phenoxy) is 1. The van der Waals surface area contributed by atoms with Crippen molar-refractivity contribution in [3.63, 3.8) is 0 Å². The molecular formula is C13H15ClFNO4S. The monoisotopic (exact) mass is 335 g/mol. The summed E-state index contributed by atoms with van der Waals surface area (Å²) in [4.78, 5) is 11.3. The molecule has 1 aliphatic heterocycles. The molecule has 0 aromatic heterocycles. The largest absolute Gasteiger partial charge is 0.373 e. The SMILES string of the molecule is CC1(CNC(=O)c2ccc(F)c(S(=O)(=O)Cl)c2)CCCO1. The summed E-state index contributed by atoms with van der Waals surface area (Å²) in [5.74, 6) is -1.50. The number of carbonyl (C=O) groups excluding carboxylic acids is 1. The lowest BCUT2D eigenvalue weighted by molar-refractivity contribution is 0.0206. The van der Waals surface area contributed by atoms with E-state index in [4.69, 9.17) is 15.4 Å². The summed E-state index contributed by atoms with van der Waals surface area (Å²) in [5, 5.41) is 2.66. The van der Waals surface area contributed by atoms with Gasteiger partial charge in [-0.25, -0.2) is 12.8 Å². The van der Waals surface area contributed by atoms with E-state index in [0.29, 0.717) is 13.2 Å². The number of nitrogens with one attached hydrogen (secondary N) is 1. The molecule has 1 fully saturated rings. The van der Waals surface area contributed by atoms with Gasteiger partial charge in [-0.15, -0.1) is 0 Å². The van der Waals surface area contributed by atoms with E-state index in [1.165, 1.54) is 6.07 Å². The minimum Gasteiger partial charge on any atom is -0.373 e. The number of carbonyl (C=O) groups is 1. The molecule has 1 saturated heterocycles. The van der Waals surface area contributed by atoms with Crippen LogP contribution in [0.1, 0.15) is 30.1 Å². The normalized spacial score (nSPS) is 22.2. The van der Waals surface area contributed by atoms with Gasteiger partial charge in [0.05, 0.1) is 5.60 Å². The van der Waals surface area contributed by atoms with Gasteiger partial charge in [-0.05, 0) is 38.0 Å². The van der Waals surface area contributed by atoms with Crippen molar-refractivity contribution in [1.82, 2.24) is 5.32 Å².